The van der Waals surface area contributed by atoms with Crippen molar-refractivity contribution >= 4 is 18.0 Å². The number of amides is 1. The first-order chi connectivity index (χ1) is 11.6. The van der Waals surface area contributed by atoms with E-state index in [1.165, 1.54) is 30.9 Å². The molecular weight excluding hydrogens is 302 g/mol. The van der Waals surface area contributed by atoms with Gasteiger partial charge in [0.2, 0.25) is 0 Å². The Hall–Kier alpha value is -2.10. The third-order valence-electron chi connectivity index (χ3n) is 4.31. The van der Waals surface area contributed by atoms with Crippen LogP contribution in [0.25, 0.3) is 6.08 Å². The predicted octanol–water partition coefficient (Wildman–Crippen LogP) is 3.78. The van der Waals surface area contributed by atoms with Crippen molar-refractivity contribution in [3.63, 3.8) is 0 Å². The molecule has 0 saturated heterocycles. The Bertz CT molecular complexity index is 555. The summed E-state index contributed by atoms with van der Waals surface area (Å²) in [6.45, 7) is 1.80. The van der Waals surface area contributed by atoms with Crippen molar-refractivity contribution in [2.45, 2.75) is 57.9 Å². The molecule has 24 heavy (non-hydrogen) atoms. The van der Waals surface area contributed by atoms with Gasteiger partial charge < -0.3 is 10.1 Å². The van der Waals surface area contributed by atoms with Crippen molar-refractivity contribution in [3.05, 3.63) is 41.5 Å². The SMILES string of the molecule is Cc1ccc(/C=C/C(=O)OCC(=O)NC2CCCCCCC2)cc1. The first kappa shape index (κ1) is 18.2. The maximum atomic E-state index is 11.9. The van der Waals surface area contributed by atoms with Gasteiger partial charge in [-0.3, -0.25) is 4.79 Å². The van der Waals surface area contributed by atoms with E-state index >= 15 is 0 Å². The van der Waals surface area contributed by atoms with Gasteiger partial charge in [-0.2, -0.15) is 0 Å². The fourth-order valence-corrected chi connectivity index (χ4v) is 2.90. The minimum atomic E-state index is -0.497. The van der Waals surface area contributed by atoms with Crippen LogP contribution < -0.4 is 5.32 Å². The molecule has 130 valence electrons. The molecule has 1 aromatic rings. The van der Waals surface area contributed by atoms with E-state index in [-0.39, 0.29) is 18.6 Å². The summed E-state index contributed by atoms with van der Waals surface area (Å²) in [4.78, 5) is 23.6. The lowest BCUT2D eigenvalue weighted by Gasteiger charge is -2.20. The zero-order chi connectivity index (χ0) is 17.2. The van der Waals surface area contributed by atoms with Gasteiger partial charge in [0, 0.05) is 12.1 Å². The van der Waals surface area contributed by atoms with Crippen LogP contribution >= 0.6 is 0 Å². The van der Waals surface area contributed by atoms with Gasteiger partial charge in [0.05, 0.1) is 0 Å². The summed E-state index contributed by atoms with van der Waals surface area (Å²) in [5, 5.41) is 2.98. The second-order valence-electron chi connectivity index (χ2n) is 6.46. The normalized spacial score (nSPS) is 16.4. The van der Waals surface area contributed by atoms with Gasteiger partial charge in [-0.1, -0.05) is 61.9 Å². The topological polar surface area (TPSA) is 55.4 Å². The number of benzene rings is 1. The molecule has 4 nitrogen and oxygen atoms in total. The van der Waals surface area contributed by atoms with Crippen LogP contribution in [0, 0.1) is 6.92 Å². The van der Waals surface area contributed by atoms with Crippen LogP contribution in [0.2, 0.25) is 0 Å². The van der Waals surface area contributed by atoms with Gasteiger partial charge in [-0.05, 0) is 31.4 Å². The highest BCUT2D eigenvalue weighted by Gasteiger charge is 2.14. The summed E-state index contributed by atoms with van der Waals surface area (Å²) in [6, 6.07) is 8.04. The molecule has 0 heterocycles. The Morgan fingerprint density at radius 3 is 2.38 bits per heavy atom. The van der Waals surface area contributed by atoms with E-state index in [1.54, 1.807) is 6.08 Å². The first-order valence-electron chi connectivity index (χ1n) is 8.84. The number of carbonyl (C=O) groups is 2. The predicted molar refractivity (Wildman–Crippen MR) is 95.4 cm³/mol. The van der Waals surface area contributed by atoms with E-state index in [4.69, 9.17) is 4.74 Å². The van der Waals surface area contributed by atoms with Crippen LogP contribution in [-0.4, -0.2) is 24.5 Å². The number of aryl methyl sites for hydroxylation is 1. The molecule has 0 radical (unpaired) electrons. The summed E-state index contributed by atoms with van der Waals surface area (Å²) in [6.07, 6.45) is 11.2. The second-order valence-corrected chi connectivity index (χ2v) is 6.46. The zero-order valence-corrected chi connectivity index (χ0v) is 14.4. The first-order valence-corrected chi connectivity index (χ1v) is 8.84. The zero-order valence-electron chi connectivity index (χ0n) is 14.4. The van der Waals surface area contributed by atoms with Crippen molar-refractivity contribution in [2.75, 3.05) is 6.61 Å². The van der Waals surface area contributed by atoms with Crippen molar-refractivity contribution < 1.29 is 14.3 Å². The van der Waals surface area contributed by atoms with Crippen LogP contribution in [0.3, 0.4) is 0 Å². The van der Waals surface area contributed by atoms with Gasteiger partial charge in [-0.25, -0.2) is 4.79 Å². The average molecular weight is 329 g/mol. The number of rotatable bonds is 5. The summed E-state index contributed by atoms with van der Waals surface area (Å²) in [5.74, 6) is -0.707. The van der Waals surface area contributed by atoms with E-state index in [9.17, 15) is 9.59 Å². The number of hydrogen-bond donors (Lipinski definition) is 1. The summed E-state index contributed by atoms with van der Waals surface area (Å²) < 4.78 is 5.01. The molecule has 1 aromatic carbocycles. The number of esters is 1. The summed E-state index contributed by atoms with van der Waals surface area (Å²) >= 11 is 0. The fraction of sp³-hybridized carbons (Fsp3) is 0.500. The lowest BCUT2D eigenvalue weighted by atomic mass is 9.97. The Morgan fingerprint density at radius 2 is 1.71 bits per heavy atom. The molecule has 1 saturated carbocycles. The monoisotopic (exact) mass is 329 g/mol. The van der Waals surface area contributed by atoms with Gasteiger partial charge in [0.1, 0.15) is 0 Å². The molecular formula is C20H27NO3. The van der Waals surface area contributed by atoms with E-state index in [1.807, 2.05) is 31.2 Å². The minimum absolute atomic E-state index is 0.211. The Kier molecular flexibility index (Phi) is 7.53. The second kappa shape index (κ2) is 9.91. The quantitative estimate of drug-likeness (QED) is 0.661. The average Bonchev–Trinajstić information content (AvgIpc) is 2.55. The molecule has 2 rings (SSSR count). The van der Waals surface area contributed by atoms with Crippen LogP contribution in [0.15, 0.2) is 30.3 Å². The van der Waals surface area contributed by atoms with Crippen LogP contribution in [0.5, 0.6) is 0 Å². The number of nitrogens with one attached hydrogen (secondary N) is 1. The van der Waals surface area contributed by atoms with Gasteiger partial charge in [0.25, 0.3) is 5.91 Å². The third kappa shape index (κ3) is 6.99. The maximum Gasteiger partial charge on any atom is 0.331 e. The molecule has 0 unspecified atom stereocenters. The standard InChI is InChI=1S/C20H27NO3/c1-16-9-11-17(12-10-16)13-14-20(23)24-15-19(22)21-18-7-5-3-2-4-6-8-18/h9-14,18H,2-8,15H2,1H3,(H,21,22)/b14-13+. The lowest BCUT2D eigenvalue weighted by molar-refractivity contribution is -0.144. The Labute approximate surface area is 144 Å². The van der Waals surface area contributed by atoms with Crippen molar-refractivity contribution in [1.29, 1.82) is 0 Å². The molecule has 0 bridgehead atoms. The molecule has 0 aliphatic heterocycles. The lowest BCUT2D eigenvalue weighted by Crippen LogP contribution is -2.37. The molecule has 1 amide bonds. The molecule has 4 heteroatoms. The maximum absolute atomic E-state index is 11.9. The molecule has 1 aliphatic carbocycles. The van der Waals surface area contributed by atoms with Crippen molar-refractivity contribution in [3.8, 4) is 0 Å². The van der Waals surface area contributed by atoms with E-state index in [0.29, 0.717) is 0 Å². The van der Waals surface area contributed by atoms with Gasteiger partial charge in [0.15, 0.2) is 6.61 Å². The summed E-state index contributed by atoms with van der Waals surface area (Å²) in [7, 11) is 0. The molecule has 1 N–H and O–H groups in total. The van der Waals surface area contributed by atoms with Crippen LogP contribution in [0.4, 0.5) is 0 Å². The van der Waals surface area contributed by atoms with Crippen molar-refractivity contribution in [2.24, 2.45) is 0 Å². The van der Waals surface area contributed by atoms with Crippen LogP contribution in [0.1, 0.15) is 56.1 Å². The molecule has 1 fully saturated rings. The Balaban J connectivity index is 1.70. The number of carbonyl (C=O) groups excluding carboxylic acids is 2. The molecule has 1 aliphatic rings. The number of hydrogen-bond acceptors (Lipinski definition) is 3. The van der Waals surface area contributed by atoms with E-state index < -0.39 is 5.97 Å². The molecule has 0 atom stereocenters. The summed E-state index contributed by atoms with van der Waals surface area (Å²) in [5.41, 5.74) is 2.09. The highest BCUT2D eigenvalue weighted by Crippen LogP contribution is 2.17. The van der Waals surface area contributed by atoms with Gasteiger partial charge in [-0.15, -0.1) is 0 Å². The van der Waals surface area contributed by atoms with Crippen molar-refractivity contribution in [1.82, 2.24) is 5.32 Å². The van der Waals surface area contributed by atoms with E-state index in [2.05, 4.69) is 5.32 Å². The highest BCUT2D eigenvalue weighted by molar-refractivity contribution is 5.89. The number of ether oxygens (including phenoxy) is 1. The van der Waals surface area contributed by atoms with Gasteiger partial charge >= 0.3 is 5.97 Å². The molecule has 0 spiro atoms. The Morgan fingerprint density at radius 1 is 1.08 bits per heavy atom. The smallest absolute Gasteiger partial charge is 0.331 e. The van der Waals surface area contributed by atoms with Crippen LogP contribution in [-0.2, 0) is 14.3 Å². The van der Waals surface area contributed by atoms with E-state index in [0.717, 1.165) is 31.2 Å². The highest BCUT2D eigenvalue weighted by atomic mass is 16.5. The molecule has 0 aromatic heterocycles. The minimum Gasteiger partial charge on any atom is -0.452 e. The fourth-order valence-electron chi connectivity index (χ4n) is 2.90. The third-order valence-corrected chi connectivity index (χ3v) is 4.31. The largest absolute Gasteiger partial charge is 0.452 e.